The minimum Gasteiger partial charge on any atom is -0.394 e. The Morgan fingerprint density at radius 2 is 1.89 bits per heavy atom. The van der Waals surface area contributed by atoms with E-state index < -0.39 is 0 Å². The topological polar surface area (TPSA) is 49.3 Å². The van der Waals surface area contributed by atoms with Gasteiger partial charge < -0.3 is 10.4 Å². The SMILES string of the molecule is O=C(Cc1ccc(Cl)cc1)NC1(CO)CCCC1. The Kier molecular flexibility index (Phi) is 4.25. The Balaban J connectivity index is 1.94. The molecule has 1 fully saturated rings. The van der Waals surface area contributed by atoms with E-state index in [1.54, 1.807) is 12.1 Å². The minimum absolute atomic E-state index is 0.0271. The number of hydrogen-bond acceptors (Lipinski definition) is 2. The molecule has 1 amide bonds. The normalized spacial score (nSPS) is 17.7. The lowest BCUT2D eigenvalue weighted by Crippen LogP contribution is -2.49. The van der Waals surface area contributed by atoms with Crippen molar-refractivity contribution in [2.45, 2.75) is 37.6 Å². The Labute approximate surface area is 112 Å². The van der Waals surface area contributed by atoms with E-state index in [-0.39, 0.29) is 18.1 Å². The van der Waals surface area contributed by atoms with E-state index in [0.29, 0.717) is 11.4 Å². The molecule has 0 heterocycles. The zero-order chi connectivity index (χ0) is 13.0. The van der Waals surface area contributed by atoms with Gasteiger partial charge in [0.25, 0.3) is 0 Å². The van der Waals surface area contributed by atoms with Crippen LogP contribution in [-0.4, -0.2) is 23.2 Å². The maximum absolute atomic E-state index is 12.0. The maximum Gasteiger partial charge on any atom is 0.224 e. The summed E-state index contributed by atoms with van der Waals surface area (Å²) in [6.07, 6.45) is 4.22. The van der Waals surface area contributed by atoms with Crippen LogP contribution in [0.4, 0.5) is 0 Å². The predicted octanol–water partition coefficient (Wildman–Crippen LogP) is 2.30. The van der Waals surface area contributed by atoms with Crippen molar-refractivity contribution in [3.63, 3.8) is 0 Å². The number of carbonyl (C=O) groups excluding carboxylic acids is 1. The van der Waals surface area contributed by atoms with Crippen molar-refractivity contribution >= 4 is 17.5 Å². The van der Waals surface area contributed by atoms with Crippen LogP contribution in [0.3, 0.4) is 0 Å². The van der Waals surface area contributed by atoms with E-state index in [9.17, 15) is 9.90 Å². The lowest BCUT2D eigenvalue weighted by Gasteiger charge is -2.28. The van der Waals surface area contributed by atoms with Crippen LogP contribution in [0.1, 0.15) is 31.2 Å². The first-order valence-electron chi connectivity index (χ1n) is 6.30. The average Bonchev–Trinajstić information content (AvgIpc) is 2.81. The van der Waals surface area contributed by atoms with Crippen molar-refractivity contribution in [2.75, 3.05) is 6.61 Å². The van der Waals surface area contributed by atoms with Gasteiger partial charge in [-0.3, -0.25) is 4.79 Å². The second kappa shape index (κ2) is 5.72. The number of rotatable bonds is 4. The lowest BCUT2D eigenvalue weighted by molar-refractivity contribution is -0.122. The standard InChI is InChI=1S/C14H18ClNO2/c15-12-5-3-11(4-6-12)9-13(18)16-14(10-17)7-1-2-8-14/h3-6,17H,1-2,7-10H2,(H,16,18). The molecule has 3 nitrogen and oxygen atoms in total. The molecule has 0 aromatic heterocycles. The second-order valence-corrected chi connectivity index (χ2v) is 5.43. The first-order chi connectivity index (χ1) is 8.63. The Morgan fingerprint density at radius 3 is 2.44 bits per heavy atom. The van der Waals surface area contributed by atoms with Gasteiger partial charge in [0, 0.05) is 5.02 Å². The Bertz CT molecular complexity index is 410. The van der Waals surface area contributed by atoms with Crippen molar-refractivity contribution in [1.29, 1.82) is 0 Å². The van der Waals surface area contributed by atoms with Crippen LogP contribution in [0.15, 0.2) is 24.3 Å². The van der Waals surface area contributed by atoms with E-state index in [2.05, 4.69) is 5.32 Å². The van der Waals surface area contributed by atoms with Crippen LogP contribution in [0.25, 0.3) is 0 Å². The largest absolute Gasteiger partial charge is 0.394 e. The van der Waals surface area contributed by atoms with Crippen molar-refractivity contribution in [3.8, 4) is 0 Å². The molecule has 0 aliphatic heterocycles. The van der Waals surface area contributed by atoms with Crippen LogP contribution in [0, 0.1) is 0 Å². The molecule has 18 heavy (non-hydrogen) atoms. The molecule has 2 N–H and O–H groups in total. The molecule has 0 saturated heterocycles. The molecule has 1 aliphatic rings. The molecule has 98 valence electrons. The van der Waals surface area contributed by atoms with Gasteiger partial charge in [0.05, 0.1) is 18.6 Å². The van der Waals surface area contributed by atoms with Gasteiger partial charge in [0.1, 0.15) is 0 Å². The zero-order valence-electron chi connectivity index (χ0n) is 10.3. The minimum atomic E-state index is -0.385. The fourth-order valence-electron chi connectivity index (χ4n) is 2.50. The average molecular weight is 268 g/mol. The number of halogens is 1. The van der Waals surface area contributed by atoms with Crippen molar-refractivity contribution < 1.29 is 9.90 Å². The number of hydrogen-bond donors (Lipinski definition) is 2. The Hall–Kier alpha value is -1.06. The van der Waals surface area contributed by atoms with Crippen molar-refractivity contribution in [1.82, 2.24) is 5.32 Å². The van der Waals surface area contributed by atoms with Gasteiger partial charge in [-0.15, -0.1) is 0 Å². The third-order valence-corrected chi connectivity index (χ3v) is 3.80. The first kappa shape index (κ1) is 13.4. The highest BCUT2D eigenvalue weighted by Gasteiger charge is 2.34. The third kappa shape index (κ3) is 3.24. The highest BCUT2D eigenvalue weighted by atomic mass is 35.5. The quantitative estimate of drug-likeness (QED) is 0.880. The van der Waals surface area contributed by atoms with E-state index in [4.69, 9.17) is 11.6 Å². The summed E-state index contributed by atoms with van der Waals surface area (Å²) in [5.74, 6) is -0.0340. The summed E-state index contributed by atoms with van der Waals surface area (Å²) in [6.45, 7) is 0.0271. The van der Waals surface area contributed by atoms with Gasteiger partial charge in [-0.2, -0.15) is 0 Å². The molecular weight excluding hydrogens is 250 g/mol. The summed E-state index contributed by atoms with van der Waals surface area (Å²) in [5, 5.41) is 13.1. The van der Waals surface area contributed by atoms with Gasteiger partial charge in [0.2, 0.25) is 5.91 Å². The molecule has 2 rings (SSSR count). The summed E-state index contributed by atoms with van der Waals surface area (Å²) >= 11 is 5.80. The molecule has 1 aromatic carbocycles. The van der Waals surface area contributed by atoms with Gasteiger partial charge >= 0.3 is 0 Å². The Morgan fingerprint density at radius 1 is 1.28 bits per heavy atom. The van der Waals surface area contributed by atoms with Crippen molar-refractivity contribution in [3.05, 3.63) is 34.9 Å². The molecule has 4 heteroatoms. The van der Waals surface area contributed by atoms with E-state index in [0.717, 1.165) is 31.2 Å². The monoisotopic (exact) mass is 267 g/mol. The number of carbonyl (C=O) groups is 1. The molecule has 0 unspecified atom stereocenters. The van der Waals surface area contributed by atoms with E-state index in [1.165, 1.54) is 0 Å². The van der Waals surface area contributed by atoms with E-state index in [1.807, 2.05) is 12.1 Å². The highest BCUT2D eigenvalue weighted by Crippen LogP contribution is 2.29. The molecule has 1 aliphatic carbocycles. The number of aliphatic hydroxyl groups excluding tert-OH is 1. The van der Waals surface area contributed by atoms with Gasteiger partial charge in [-0.05, 0) is 30.5 Å². The van der Waals surface area contributed by atoms with Gasteiger partial charge in [-0.1, -0.05) is 36.6 Å². The smallest absolute Gasteiger partial charge is 0.224 e. The summed E-state index contributed by atoms with van der Waals surface area (Å²) in [7, 11) is 0. The first-order valence-corrected chi connectivity index (χ1v) is 6.68. The van der Waals surface area contributed by atoms with Crippen LogP contribution in [-0.2, 0) is 11.2 Å². The molecule has 1 aromatic rings. The molecule has 1 saturated carbocycles. The summed E-state index contributed by atoms with van der Waals surface area (Å²) < 4.78 is 0. The number of aliphatic hydroxyl groups is 1. The summed E-state index contributed by atoms with van der Waals surface area (Å²) in [6, 6.07) is 7.26. The molecule has 0 radical (unpaired) electrons. The summed E-state index contributed by atoms with van der Waals surface area (Å²) in [4.78, 5) is 12.0. The van der Waals surface area contributed by atoms with Crippen LogP contribution in [0.2, 0.25) is 5.02 Å². The van der Waals surface area contributed by atoms with Crippen LogP contribution in [0.5, 0.6) is 0 Å². The van der Waals surface area contributed by atoms with Crippen LogP contribution >= 0.6 is 11.6 Å². The van der Waals surface area contributed by atoms with Crippen molar-refractivity contribution in [2.24, 2.45) is 0 Å². The zero-order valence-corrected chi connectivity index (χ0v) is 11.0. The summed E-state index contributed by atoms with van der Waals surface area (Å²) in [5.41, 5.74) is 0.548. The lowest BCUT2D eigenvalue weighted by atomic mass is 9.98. The maximum atomic E-state index is 12.0. The van der Waals surface area contributed by atoms with E-state index >= 15 is 0 Å². The fourth-order valence-corrected chi connectivity index (χ4v) is 2.63. The number of benzene rings is 1. The molecule has 0 bridgehead atoms. The third-order valence-electron chi connectivity index (χ3n) is 3.55. The molecule has 0 spiro atoms. The molecular formula is C14H18ClNO2. The fraction of sp³-hybridized carbons (Fsp3) is 0.500. The number of amides is 1. The number of nitrogens with one attached hydrogen (secondary N) is 1. The van der Waals surface area contributed by atoms with Gasteiger partial charge in [-0.25, -0.2) is 0 Å². The van der Waals surface area contributed by atoms with Gasteiger partial charge in [0.15, 0.2) is 0 Å². The second-order valence-electron chi connectivity index (χ2n) is 5.00. The predicted molar refractivity (Wildman–Crippen MR) is 71.6 cm³/mol. The molecule has 0 atom stereocenters. The highest BCUT2D eigenvalue weighted by molar-refractivity contribution is 6.30. The van der Waals surface area contributed by atoms with Crippen LogP contribution < -0.4 is 5.32 Å².